The third-order valence-electron chi connectivity index (χ3n) is 2.36. The highest BCUT2D eigenvalue weighted by Gasteiger charge is 2.16. The van der Waals surface area contributed by atoms with E-state index in [1.54, 1.807) is 0 Å². The van der Waals surface area contributed by atoms with Gasteiger partial charge in [-0.25, -0.2) is 0 Å². The zero-order chi connectivity index (χ0) is 9.90. The third-order valence-corrected chi connectivity index (χ3v) is 2.36. The topological polar surface area (TPSA) is 51.2 Å². The summed E-state index contributed by atoms with van der Waals surface area (Å²) in [6.07, 6.45) is 3.74. The first-order chi connectivity index (χ1) is 6.05. The molecule has 3 N–H and O–H groups in total. The van der Waals surface area contributed by atoms with Gasteiger partial charge in [-0.15, -0.1) is 0 Å². The Morgan fingerprint density at radius 3 is 2.77 bits per heavy atom. The molecule has 1 unspecified atom stereocenters. The van der Waals surface area contributed by atoms with Crippen LogP contribution in [0.15, 0.2) is 18.3 Å². The van der Waals surface area contributed by atoms with Crippen molar-refractivity contribution in [3.8, 4) is 0 Å². The molecular weight excluding hydrogens is 164 g/mol. The van der Waals surface area contributed by atoms with Crippen LogP contribution in [-0.4, -0.2) is 21.8 Å². The Morgan fingerprint density at radius 2 is 2.31 bits per heavy atom. The van der Waals surface area contributed by atoms with Crippen LogP contribution in [-0.2, 0) is 13.5 Å². The molecule has 0 amide bonds. The van der Waals surface area contributed by atoms with E-state index in [0.717, 1.165) is 12.8 Å². The summed E-state index contributed by atoms with van der Waals surface area (Å²) < 4.78 is 2.08. The zero-order valence-electron chi connectivity index (χ0n) is 8.33. The van der Waals surface area contributed by atoms with Crippen molar-refractivity contribution in [2.24, 2.45) is 12.8 Å². The number of nitrogens with two attached hydrogens (primary N) is 1. The normalized spacial score (nSPS) is 15.7. The Morgan fingerprint density at radius 1 is 1.62 bits per heavy atom. The molecule has 0 aliphatic heterocycles. The van der Waals surface area contributed by atoms with Gasteiger partial charge < -0.3 is 15.4 Å². The van der Waals surface area contributed by atoms with Crippen LogP contribution in [0.1, 0.15) is 19.0 Å². The number of aliphatic hydroxyl groups excluding tert-OH is 1. The lowest BCUT2D eigenvalue weighted by Crippen LogP contribution is -2.40. The summed E-state index contributed by atoms with van der Waals surface area (Å²) in [5.41, 5.74) is 6.62. The second kappa shape index (κ2) is 3.94. The van der Waals surface area contributed by atoms with Gasteiger partial charge in [-0.05, 0) is 31.9 Å². The van der Waals surface area contributed by atoms with Crippen LogP contribution < -0.4 is 5.73 Å². The average molecular weight is 182 g/mol. The van der Waals surface area contributed by atoms with Crippen molar-refractivity contribution in [3.63, 3.8) is 0 Å². The van der Waals surface area contributed by atoms with E-state index in [1.165, 1.54) is 5.69 Å². The van der Waals surface area contributed by atoms with Crippen LogP contribution in [0, 0.1) is 0 Å². The maximum atomic E-state index is 8.96. The molecule has 1 rings (SSSR count). The van der Waals surface area contributed by atoms with E-state index >= 15 is 0 Å². The summed E-state index contributed by atoms with van der Waals surface area (Å²) in [5, 5.41) is 8.96. The Labute approximate surface area is 79.2 Å². The number of hydrogen-bond donors (Lipinski definition) is 2. The van der Waals surface area contributed by atoms with Crippen molar-refractivity contribution < 1.29 is 5.11 Å². The van der Waals surface area contributed by atoms with Crippen LogP contribution in [0.3, 0.4) is 0 Å². The molecule has 1 atom stereocenters. The number of aliphatic hydroxyl groups is 1. The van der Waals surface area contributed by atoms with E-state index in [4.69, 9.17) is 10.8 Å². The smallest absolute Gasteiger partial charge is 0.0608 e. The molecule has 3 heteroatoms. The quantitative estimate of drug-likeness (QED) is 0.719. The van der Waals surface area contributed by atoms with Gasteiger partial charge in [0.1, 0.15) is 0 Å². The summed E-state index contributed by atoms with van der Waals surface area (Å²) in [6.45, 7) is 1.91. The number of nitrogens with zero attached hydrogens (tertiary/aromatic N) is 1. The fourth-order valence-electron chi connectivity index (χ4n) is 1.25. The molecule has 0 saturated carbocycles. The Kier molecular flexibility index (Phi) is 3.12. The Hall–Kier alpha value is -0.800. The minimum atomic E-state index is -0.454. The third kappa shape index (κ3) is 2.86. The zero-order valence-corrected chi connectivity index (χ0v) is 8.33. The van der Waals surface area contributed by atoms with E-state index in [9.17, 15) is 0 Å². The van der Waals surface area contributed by atoms with Crippen molar-refractivity contribution in [2.45, 2.75) is 25.3 Å². The predicted molar refractivity (Wildman–Crippen MR) is 53.4 cm³/mol. The first kappa shape index (κ1) is 10.3. The summed E-state index contributed by atoms with van der Waals surface area (Å²) in [6, 6.07) is 4.09. The van der Waals surface area contributed by atoms with Crippen LogP contribution >= 0.6 is 0 Å². The molecule has 3 nitrogen and oxygen atoms in total. The minimum absolute atomic E-state index is 0.0391. The first-order valence-corrected chi connectivity index (χ1v) is 4.55. The van der Waals surface area contributed by atoms with Crippen molar-refractivity contribution in [1.29, 1.82) is 0 Å². The maximum Gasteiger partial charge on any atom is 0.0608 e. The highest BCUT2D eigenvalue weighted by Crippen LogP contribution is 2.10. The number of aryl methyl sites for hydroxylation is 2. The summed E-state index contributed by atoms with van der Waals surface area (Å²) in [7, 11) is 2.02. The van der Waals surface area contributed by atoms with Gasteiger partial charge in [-0.2, -0.15) is 0 Å². The van der Waals surface area contributed by atoms with E-state index in [-0.39, 0.29) is 6.61 Å². The van der Waals surface area contributed by atoms with Gasteiger partial charge in [0.15, 0.2) is 0 Å². The SMILES string of the molecule is Cn1cccc1CCC(C)(N)CO. The molecule has 0 aliphatic rings. The van der Waals surface area contributed by atoms with Gasteiger partial charge in [0, 0.05) is 24.5 Å². The maximum absolute atomic E-state index is 8.96. The largest absolute Gasteiger partial charge is 0.394 e. The molecule has 0 fully saturated rings. The molecule has 0 aromatic carbocycles. The standard InChI is InChI=1S/C10H18N2O/c1-10(11,8-13)6-5-9-4-3-7-12(9)2/h3-4,7,13H,5-6,8,11H2,1-2H3. The van der Waals surface area contributed by atoms with Gasteiger partial charge in [-0.1, -0.05) is 0 Å². The molecule has 1 heterocycles. The molecule has 1 aromatic rings. The van der Waals surface area contributed by atoms with Crippen LogP contribution in [0.25, 0.3) is 0 Å². The molecule has 0 bridgehead atoms. The van der Waals surface area contributed by atoms with Gasteiger partial charge in [0.25, 0.3) is 0 Å². The van der Waals surface area contributed by atoms with Crippen LogP contribution in [0.5, 0.6) is 0 Å². The number of hydrogen-bond acceptors (Lipinski definition) is 2. The second-order valence-electron chi connectivity index (χ2n) is 3.92. The minimum Gasteiger partial charge on any atom is -0.394 e. The van der Waals surface area contributed by atoms with Crippen molar-refractivity contribution in [3.05, 3.63) is 24.0 Å². The first-order valence-electron chi connectivity index (χ1n) is 4.55. The van der Waals surface area contributed by atoms with Crippen molar-refractivity contribution in [1.82, 2.24) is 4.57 Å². The lowest BCUT2D eigenvalue weighted by Gasteiger charge is -2.21. The fraction of sp³-hybridized carbons (Fsp3) is 0.600. The van der Waals surface area contributed by atoms with E-state index in [2.05, 4.69) is 10.6 Å². The summed E-state index contributed by atoms with van der Waals surface area (Å²) in [4.78, 5) is 0. The molecular formula is C10H18N2O. The van der Waals surface area contributed by atoms with E-state index in [1.807, 2.05) is 26.2 Å². The van der Waals surface area contributed by atoms with Crippen LogP contribution in [0.4, 0.5) is 0 Å². The van der Waals surface area contributed by atoms with Crippen LogP contribution in [0.2, 0.25) is 0 Å². The Bertz CT molecular complexity index is 266. The summed E-state index contributed by atoms with van der Waals surface area (Å²) >= 11 is 0. The molecule has 13 heavy (non-hydrogen) atoms. The number of rotatable bonds is 4. The molecule has 0 spiro atoms. The van der Waals surface area contributed by atoms with E-state index in [0.29, 0.717) is 0 Å². The highest BCUT2D eigenvalue weighted by atomic mass is 16.3. The van der Waals surface area contributed by atoms with E-state index < -0.39 is 5.54 Å². The molecule has 0 saturated heterocycles. The van der Waals surface area contributed by atoms with Gasteiger partial charge in [0.2, 0.25) is 0 Å². The van der Waals surface area contributed by atoms with Gasteiger partial charge in [-0.3, -0.25) is 0 Å². The lowest BCUT2D eigenvalue weighted by molar-refractivity contribution is 0.200. The second-order valence-corrected chi connectivity index (χ2v) is 3.92. The molecule has 1 aromatic heterocycles. The average Bonchev–Trinajstić information content (AvgIpc) is 2.48. The van der Waals surface area contributed by atoms with Gasteiger partial charge >= 0.3 is 0 Å². The molecule has 74 valence electrons. The number of aromatic nitrogens is 1. The summed E-state index contributed by atoms with van der Waals surface area (Å²) in [5.74, 6) is 0. The highest BCUT2D eigenvalue weighted by molar-refractivity contribution is 5.07. The molecule has 0 radical (unpaired) electrons. The Balaban J connectivity index is 2.48. The lowest BCUT2D eigenvalue weighted by atomic mass is 9.97. The van der Waals surface area contributed by atoms with Gasteiger partial charge in [0.05, 0.1) is 6.61 Å². The predicted octanol–water partition coefficient (Wildman–Crippen LogP) is 0.667. The van der Waals surface area contributed by atoms with Crippen molar-refractivity contribution >= 4 is 0 Å². The molecule has 0 aliphatic carbocycles. The van der Waals surface area contributed by atoms with Crippen molar-refractivity contribution in [2.75, 3.05) is 6.61 Å². The fourth-order valence-corrected chi connectivity index (χ4v) is 1.25. The monoisotopic (exact) mass is 182 g/mol.